The minimum Gasteiger partial charge on any atom is -0.497 e. The molecule has 0 aliphatic carbocycles. The molecule has 0 aliphatic rings. The molecule has 11 heteroatoms. The number of anilines is 1. The van der Waals surface area contributed by atoms with Crippen LogP contribution in [0.3, 0.4) is 0 Å². The third-order valence-electron chi connectivity index (χ3n) is 3.81. The lowest BCUT2D eigenvalue weighted by Crippen LogP contribution is -2.17. The van der Waals surface area contributed by atoms with E-state index >= 15 is 0 Å². The molecule has 0 amide bonds. The number of hydrogen-bond acceptors (Lipinski definition) is 7. The fourth-order valence-corrected chi connectivity index (χ4v) is 3.60. The van der Waals surface area contributed by atoms with Crippen LogP contribution in [0.15, 0.2) is 35.2 Å². The summed E-state index contributed by atoms with van der Waals surface area (Å²) in [6.45, 7) is 0.975. The molecular weight excluding hydrogens is 406 g/mol. The molecule has 2 rings (SSSR count). The standard InChI is InChI=1S/C18H19NO9S/c1-10-6-12(4-5-14(10)28-9-16(20)21)29(24,25)19-17-13(18(22)23)7-11(26-2)8-15(17)27-3/h4-8,19H,9H2,1-3H3,(H,20,21)(H,22,23). The van der Waals surface area contributed by atoms with Crippen molar-refractivity contribution in [2.75, 3.05) is 25.5 Å². The second-order valence-electron chi connectivity index (χ2n) is 5.77. The van der Waals surface area contributed by atoms with E-state index in [1.165, 1.54) is 38.5 Å². The smallest absolute Gasteiger partial charge is 0.341 e. The molecule has 156 valence electrons. The Morgan fingerprint density at radius 2 is 1.72 bits per heavy atom. The third-order valence-corrected chi connectivity index (χ3v) is 5.15. The number of aromatic carboxylic acids is 1. The summed E-state index contributed by atoms with van der Waals surface area (Å²) in [7, 11) is -1.60. The summed E-state index contributed by atoms with van der Waals surface area (Å²) >= 11 is 0. The predicted octanol–water partition coefficient (Wildman–Crippen LogP) is 1.97. The fourth-order valence-electron chi connectivity index (χ4n) is 2.43. The van der Waals surface area contributed by atoms with Crippen molar-refractivity contribution in [3.63, 3.8) is 0 Å². The zero-order valence-electron chi connectivity index (χ0n) is 15.8. The molecule has 2 aromatic rings. The van der Waals surface area contributed by atoms with Gasteiger partial charge in [-0.25, -0.2) is 18.0 Å². The summed E-state index contributed by atoms with van der Waals surface area (Å²) in [6, 6.07) is 6.31. The molecule has 29 heavy (non-hydrogen) atoms. The number of aliphatic carboxylic acids is 1. The number of carboxylic acids is 2. The van der Waals surface area contributed by atoms with Crippen LogP contribution >= 0.6 is 0 Å². The topological polar surface area (TPSA) is 148 Å². The Bertz CT molecular complexity index is 1050. The molecule has 2 aromatic carbocycles. The molecule has 0 spiro atoms. The van der Waals surface area contributed by atoms with Gasteiger partial charge in [-0.3, -0.25) is 4.72 Å². The number of aryl methyl sites for hydroxylation is 1. The summed E-state index contributed by atoms with van der Waals surface area (Å²) < 4.78 is 43.0. The number of methoxy groups -OCH3 is 2. The van der Waals surface area contributed by atoms with Crippen LogP contribution < -0.4 is 18.9 Å². The quantitative estimate of drug-likeness (QED) is 0.548. The van der Waals surface area contributed by atoms with Gasteiger partial charge in [-0.2, -0.15) is 0 Å². The van der Waals surface area contributed by atoms with Crippen molar-refractivity contribution in [1.29, 1.82) is 0 Å². The van der Waals surface area contributed by atoms with Gasteiger partial charge in [0.25, 0.3) is 10.0 Å². The molecule has 0 unspecified atom stereocenters. The molecule has 10 nitrogen and oxygen atoms in total. The van der Waals surface area contributed by atoms with E-state index in [-0.39, 0.29) is 33.4 Å². The summed E-state index contributed by atoms with van der Waals surface area (Å²) in [5, 5.41) is 18.1. The van der Waals surface area contributed by atoms with Gasteiger partial charge in [0.2, 0.25) is 0 Å². The predicted molar refractivity (Wildman–Crippen MR) is 102 cm³/mol. The monoisotopic (exact) mass is 425 g/mol. The number of carbonyl (C=O) groups is 2. The Labute approximate surface area is 166 Å². The van der Waals surface area contributed by atoms with Gasteiger partial charge in [0.05, 0.1) is 24.7 Å². The van der Waals surface area contributed by atoms with E-state index in [1.54, 1.807) is 6.92 Å². The Hall–Kier alpha value is -3.47. The van der Waals surface area contributed by atoms with Crippen molar-refractivity contribution < 1.29 is 42.4 Å². The van der Waals surface area contributed by atoms with Crippen molar-refractivity contribution >= 4 is 27.6 Å². The lowest BCUT2D eigenvalue weighted by molar-refractivity contribution is -0.139. The zero-order valence-corrected chi connectivity index (χ0v) is 16.6. The number of hydrogen-bond donors (Lipinski definition) is 3. The molecule has 0 saturated carbocycles. The van der Waals surface area contributed by atoms with E-state index in [0.717, 1.165) is 6.07 Å². The Morgan fingerprint density at radius 3 is 2.24 bits per heavy atom. The number of benzene rings is 2. The second-order valence-corrected chi connectivity index (χ2v) is 7.45. The Kier molecular flexibility index (Phi) is 6.54. The molecule has 3 N–H and O–H groups in total. The average molecular weight is 425 g/mol. The maximum Gasteiger partial charge on any atom is 0.341 e. The minimum atomic E-state index is -4.20. The number of carboxylic acid groups (broad SMARTS) is 2. The fraction of sp³-hybridized carbons (Fsp3) is 0.222. The maximum absolute atomic E-state index is 12.8. The van der Waals surface area contributed by atoms with Crippen LogP contribution in [0.25, 0.3) is 0 Å². The van der Waals surface area contributed by atoms with Gasteiger partial charge in [-0.05, 0) is 36.8 Å². The highest BCUT2D eigenvalue weighted by molar-refractivity contribution is 7.92. The van der Waals surface area contributed by atoms with Gasteiger partial charge in [0, 0.05) is 6.07 Å². The maximum atomic E-state index is 12.8. The van der Waals surface area contributed by atoms with Crippen molar-refractivity contribution in [3.05, 3.63) is 41.5 Å². The molecular formula is C18H19NO9S. The Balaban J connectivity index is 2.45. The summed E-state index contributed by atoms with van der Waals surface area (Å²) in [5.74, 6) is -2.20. The Morgan fingerprint density at radius 1 is 1.03 bits per heavy atom. The van der Waals surface area contributed by atoms with Gasteiger partial charge in [-0.1, -0.05) is 0 Å². The van der Waals surface area contributed by atoms with Crippen LogP contribution in [-0.4, -0.2) is 51.4 Å². The normalized spacial score (nSPS) is 10.9. The molecule has 0 fully saturated rings. The summed E-state index contributed by atoms with van der Waals surface area (Å²) in [6.07, 6.45) is 0. The van der Waals surface area contributed by atoms with Crippen LogP contribution in [0.1, 0.15) is 15.9 Å². The lowest BCUT2D eigenvalue weighted by Gasteiger charge is -2.16. The first-order valence-corrected chi connectivity index (χ1v) is 9.54. The first-order chi connectivity index (χ1) is 13.6. The van der Waals surface area contributed by atoms with E-state index in [4.69, 9.17) is 19.3 Å². The van der Waals surface area contributed by atoms with Crippen molar-refractivity contribution in [2.24, 2.45) is 0 Å². The molecule has 0 atom stereocenters. The molecule has 0 saturated heterocycles. The lowest BCUT2D eigenvalue weighted by atomic mass is 10.1. The first kappa shape index (κ1) is 21.8. The van der Waals surface area contributed by atoms with Gasteiger partial charge >= 0.3 is 11.9 Å². The van der Waals surface area contributed by atoms with E-state index in [0.29, 0.717) is 5.56 Å². The van der Waals surface area contributed by atoms with Crippen molar-refractivity contribution in [1.82, 2.24) is 0 Å². The number of sulfonamides is 1. The van der Waals surface area contributed by atoms with Crippen LogP contribution in [0.4, 0.5) is 5.69 Å². The number of rotatable bonds is 9. The van der Waals surface area contributed by atoms with E-state index in [1.807, 2.05) is 0 Å². The molecule has 0 aliphatic heterocycles. The highest BCUT2D eigenvalue weighted by atomic mass is 32.2. The number of ether oxygens (including phenoxy) is 3. The van der Waals surface area contributed by atoms with Crippen molar-refractivity contribution in [2.45, 2.75) is 11.8 Å². The van der Waals surface area contributed by atoms with E-state index in [2.05, 4.69) is 4.72 Å². The summed E-state index contributed by atoms with van der Waals surface area (Å²) in [5.41, 5.74) is -0.234. The van der Waals surface area contributed by atoms with Crippen LogP contribution in [-0.2, 0) is 14.8 Å². The second kappa shape index (κ2) is 8.69. The van der Waals surface area contributed by atoms with Gasteiger partial charge < -0.3 is 24.4 Å². The minimum absolute atomic E-state index is 0.0385. The number of nitrogens with one attached hydrogen (secondary N) is 1. The van der Waals surface area contributed by atoms with Crippen LogP contribution in [0.2, 0.25) is 0 Å². The summed E-state index contributed by atoms with van der Waals surface area (Å²) in [4.78, 5) is 22.0. The molecule has 0 radical (unpaired) electrons. The van der Waals surface area contributed by atoms with Crippen LogP contribution in [0, 0.1) is 6.92 Å². The average Bonchev–Trinajstić information content (AvgIpc) is 2.66. The van der Waals surface area contributed by atoms with Crippen molar-refractivity contribution in [3.8, 4) is 17.2 Å². The first-order valence-electron chi connectivity index (χ1n) is 8.06. The highest BCUT2D eigenvalue weighted by Gasteiger charge is 2.24. The SMILES string of the molecule is COc1cc(OC)c(NS(=O)(=O)c2ccc(OCC(=O)O)c(C)c2)c(C(=O)O)c1. The van der Waals surface area contributed by atoms with Gasteiger partial charge in [-0.15, -0.1) is 0 Å². The van der Waals surface area contributed by atoms with E-state index < -0.39 is 28.6 Å². The largest absolute Gasteiger partial charge is 0.497 e. The van der Waals surface area contributed by atoms with Gasteiger partial charge in [0.1, 0.15) is 22.9 Å². The third kappa shape index (κ3) is 5.08. The van der Waals surface area contributed by atoms with Gasteiger partial charge in [0.15, 0.2) is 6.61 Å². The van der Waals surface area contributed by atoms with Crippen LogP contribution in [0.5, 0.6) is 17.2 Å². The molecule has 0 aromatic heterocycles. The molecule has 0 bridgehead atoms. The molecule has 0 heterocycles. The van der Waals surface area contributed by atoms with E-state index in [9.17, 15) is 23.1 Å². The highest BCUT2D eigenvalue weighted by Crippen LogP contribution is 2.35. The zero-order chi connectivity index (χ0) is 21.8.